The largest absolute Gasteiger partial charge is 0.329 e. The van der Waals surface area contributed by atoms with E-state index >= 15 is 0 Å². The molecule has 0 fully saturated rings. The van der Waals surface area contributed by atoms with E-state index in [2.05, 4.69) is 65.1 Å². The van der Waals surface area contributed by atoms with Crippen molar-refractivity contribution in [1.82, 2.24) is 5.32 Å². The fourth-order valence-electron chi connectivity index (χ4n) is 2.42. The van der Waals surface area contributed by atoms with Gasteiger partial charge in [-0.15, -0.1) is 0 Å². The van der Waals surface area contributed by atoms with Crippen LogP contribution in [0.5, 0.6) is 0 Å². The predicted molar refractivity (Wildman–Crippen MR) is 84.8 cm³/mol. The van der Waals surface area contributed by atoms with Gasteiger partial charge in [-0.3, -0.25) is 0 Å². The van der Waals surface area contributed by atoms with Crippen LogP contribution < -0.4 is 11.1 Å². The van der Waals surface area contributed by atoms with Gasteiger partial charge in [0.25, 0.3) is 0 Å². The van der Waals surface area contributed by atoms with Crippen LogP contribution in [-0.4, -0.2) is 19.6 Å². The number of rotatable bonds is 5. The Balaban J connectivity index is 3.04. The summed E-state index contributed by atoms with van der Waals surface area (Å²) in [6.45, 7) is 16.1. The molecule has 0 saturated heterocycles. The molecule has 0 unspecified atom stereocenters. The highest BCUT2D eigenvalue weighted by atomic mass is 14.9. The van der Waals surface area contributed by atoms with Crippen LogP contribution in [0.1, 0.15) is 51.3 Å². The molecule has 3 N–H and O–H groups in total. The number of hydrogen-bond acceptors (Lipinski definition) is 2. The molecule has 1 rings (SSSR count). The van der Waals surface area contributed by atoms with E-state index in [1.165, 1.54) is 16.7 Å². The van der Waals surface area contributed by atoms with E-state index in [9.17, 15) is 0 Å². The minimum absolute atomic E-state index is 0.126. The van der Waals surface area contributed by atoms with Gasteiger partial charge in [0.1, 0.15) is 0 Å². The Labute approximate surface area is 118 Å². The van der Waals surface area contributed by atoms with Gasteiger partial charge in [0.15, 0.2) is 0 Å². The zero-order valence-electron chi connectivity index (χ0n) is 13.4. The van der Waals surface area contributed by atoms with Crippen molar-refractivity contribution in [1.29, 1.82) is 0 Å². The Kier molecular flexibility index (Phi) is 5.17. The summed E-state index contributed by atoms with van der Waals surface area (Å²) in [6.07, 6.45) is 0. The molecule has 0 atom stereocenters. The van der Waals surface area contributed by atoms with Crippen LogP contribution in [0.3, 0.4) is 0 Å². The van der Waals surface area contributed by atoms with Crippen LogP contribution in [0.15, 0.2) is 18.2 Å². The zero-order valence-corrected chi connectivity index (χ0v) is 13.4. The first-order valence-electron chi connectivity index (χ1n) is 7.21. The van der Waals surface area contributed by atoms with Crippen molar-refractivity contribution < 1.29 is 0 Å². The summed E-state index contributed by atoms with van der Waals surface area (Å²) >= 11 is 0. The first-order valence-corrected chi connectivity index (χ1v) is 7.21. The van der Waals surface area contributed by atoms with Crippen LogP contribution in [0.2, 0.25) is 0 Å². The monoisotopic (exact) mass is 262 g/mol. The minimum Gasteiger partial charge on any atom is -0.329 e. The van der Waals surface area contributed by atoms with Crippen molar-refractivity contribution >= 4 is 0 Å². The molecule has 108 valence electrons. The third-order valence-corrected chi connectivity index (χ3v) is 3.72. The average Bonchev–Trinajstić information content (AvgIpc) is 2.27. The lowest BCUT2D eigenvalue weighted by molar-refractivity contribution is 0.469. The van der Waals surface area contributed by atoms with Gasteiger partial charge >= 0.3 is 0 Å². The standard InChI is InChI=1S/C17H30N2/c1-13-7-8-14(16(2,3)4)11-15(13)17(5,6)12-19-10-9-18/h7-8,11,19H,9-10,12,18H2,1-6H3. The van der Waals surface area contributed by atoms with E-state index in [0.717, 1.165) is 13.1 Å². The average molecular weight is 262 g/mol. The van der Waals surface area contributed by atoms with Crippen LogP contribution in [0.4, 0.5) is 0 Å². The maximum absolute atomic E-state index is 5.55. The van der Waals surface area contributed by atoms with Crippen molar-refractivity contribution in [2.45, 2.75) is 52.4 Å². The van der Waals surface area contributed by atoms with Crippen LogP contribution in [0.25, 0.3) is 0 Å². The third kappa shape index (κ3) is 4.32. The Morgan fingerprint density at radius 3 is 2.26 bits per heavy atom. The summed E-state index contributed by atoms with van der Waals surface area (Å²) in [7, 11) is 0. The molecular weight excluding hydrogens is 232 g/mol. The van der Waals surface area contributed by atoms with Crippen molar-refractivity contribution in [2.75, 3.05) is 19.6 Å². The molecular formula is C17H30N2. The highest BCUT2D eigenvalue weighted by Gasteiger charge is 2.24. The summed E-state index contributed by atoms with van der Waals surface area (Å²) in [6, 6.07) is 6.88. The van der Waals surface area contributed by atoms with Crippen LogP contribution in [0, 0.1) is 6.92 Å². The fraction of sp³-hybridized carbons (Fsp3) is 0.647. The van der Waals surface area contributed by atoms with Gasteiger partial charge in [0.2, 0.25) is 0 Å². The Morgan fingerprint density at radius 2 is 1.74 bits per heavy atom. The normalized spacial score (nSPS) is 12.8. The second kappa shape index (κ2) is 6.06. The van der Waals surface area contributed by atoms with Gasteiger partial charge in [-0.25, -0.2) is 0 Å². The smallest absolute Gasteiger partial charge is 0.00748 e. The van der Waals surface area contributed by atoms with Gasteiger partial charge in [-0.05, 0) is 29.0 Å². The molecule has 0 bridgehead atoms. The number of hydrogen-bond donors (Lipinski definition) is 2. The molecule has 1 aromatic rings. The van der Waals surface area contributed by atoms with E-state index < -0.39 is 0 Å². The molecule has 1 aromatic carbocycles. The maximum atomic E-state index is 5.55. The molecule has 0 aliphatic rings. The Bertz CT molecular complexity index is 414. The highest BCUT2D eigenvalue weighted by Crippen LogP contribution is 2.31. The second-order valence-corrected chi connectivity index (χ2v) is 7.13. The van der Waals surface area contributed by atoms with E-state index in [1.807, 2.05) is 0 Å². The summed E-state index contributed by atoms with van der Waals surface area (Å²) in [4.78, 5) is 0. The van der Waals surface area contributed by atoms with E-state index in [-0.39, 0.29) is 10.8 Å². The molecule has 0 aliphatic heterocycles. The number of aryl methyl sites for hydroxylation is 1. The van der Waals surface area contributed by atoms with Gasteiger partial charge in [0, 0.05) is 25.0 Å². The predicted octanol–water partition coefficient (Wildman–Crippen LogP) is 3.12. The van der Waals surface area contributed by atoms with Crippen LogP contribution >= 0.6 is 0 Å². The third-order valence-electron chi connectivity index (χ3n) is 3.72. The van der Waals surface area contributed by atoms with E-state index in [0.29, 0.717) is 6.54 Å². The molecule has 0 heterocycles. The number of benzene rings is 1. The molecule has 0 aliphatic carbocycles. The Morgan fingerprint density at radius 1 is 1.11 bits per heavy atom. The lowest BCUT2D eigenvalue weighted by atomic mass is 9.77. The first-order chi connectivity index (χ1) is 8.68. The zero-order chi connectivity index (χ0) is 14.7. The Hall–Kier alpha value is -0.860. The lowest BCUT2D eigenvalue weighted by Gasteiger charge is -2.30. The van der Waals surface area contributed by atoms with Crippen molar-refractivity contribution in [3.05, 3.63) is 34.9 Å². The summed E-state index contributed by atoms with van der Waals surface area (Å²) in [5, 5.41) is 3.43. The van der Waals surface area contributed by atoms with Crippen molar-refractivity contribution in [2.24, 2.45) is 5.73 Å². The number of nitrogens with two attached hydrogens (primary N) is 1. The quantitative estimate of drug-likeness (QED) is 0.800. The molecule has 0 spiro atoms. The second-order valence-electron chi connectivity index (χ2n) is 7.13. The van der Waals surface area contributed by atoms with Gasteiger partial charge < -0.3 is 11.1 Å². The lowest BCUT2D eigenvalue weighted by Crippen LogP contribution is -2.36. The summed E-state index contributed by atoms with van der Waals surface area (Å²) < 4.78 is 0. The summed E-state index contributed by atoms with van der Waals surface area (Å²) in [5.41, 5.74) is 10.1. The summed E-state index contributed by atoms with van der Waals surface area (Å²) in [5.74, 6) is 0. The molecule has 2 heteroatoms. The topological polar surface area (TPSA) is 38.0 Å². The maximum Gasteiger partial charge on any atom is 0.00748 e. The van der Waals surface area contributed by atoms with Crippen molar-refractivity contribution in [3.63, 3.8) is 0 Å². The highest BCUT2D eigenvalue weighted by molar-refractivity contribution is 5.39. The van der Waals surface area contributed by atoms with E-state index in [1.54, 1.807) is 0 Å². The molecule has 0 radical (unpaired) electrons. The first kappa shape index (κ1) is 16.2. The van der Waals surface area contributed by atoms with Crippen LogP contribution in [-0.2, 0) is 10.8 Å². The minimum atomic E-state index is 0.126. The molecule has 2 nitrogen and oxygen atoms in total. The van der Waals surface area contributed by atoms with Crippen molar-refractivity contribution in [3.8, 4) is 0 Å². The van der Waals surface area contributed by atoms with Gasteiger partial charge in [-0.1, -0.05) is 52.8 Å². The molecule has 0 aromatic heterocycles. The fourth-order valence-corrected chi connectivity index (χ4v) is 2.42. The van der Waals surface area contributed by atoms with Gasteiger partial charge in [0.05, 0.1) is 0 Å². The molecule has 0 saturated carbocycles. The SMILES string of the molecule is Cc1ccc(C(C)(C)C)cc1C(C)(C)CNCCN. The van der Waals surface area contributed by atoms with E-state index in [4.69, 9.17) is 5.73 Å². The number of nitrogens with one attached hydrogen (secondary N) is 1. The molecule has 0 amide bonds. The molecule has 19 heavy (non-hydrogen) atoms. The van der Waals surface area contributed by atoms with Gasteiger partial charge in [-0.2, -0.15) is 0 Å².